The first-order valence-electron chi connectivity index (χ1n) is 5.66. The summed E-state index contributed by atoms with van der Waals surface area (Å²) in [4.78, 5) is 0. The molecule has 18 heavy (non-hydrogen) atoms. The Morgan fingerprint density at radius 3 is 2.56 bits per heavy atom. The lowest BCUT2D eigenvalue weighted by molar-refractivity contribution is 0.414. The highest BCUT2D eigenvalue weighted by atomic mass is 32.2. The Labute approximate surface area is 114 Å². The van der Waals surface area contributed by atoms with Gasteiger partial charge in [-0.15, -0.1) is 0 Å². The zero-order valence-electron chi connectivity index (χ0n) is 11.0. The number of benzene rings is 1. The first-order chi connectivity index (χ1) is 8.38. The fourth-order valence-electron chi connectivity index (χ4n) is 1.58. The van der Waals surface area contributed by atoms with Crippen LogP contribution in [0.3, 0.4) is 0 Å². The van der Waals surface area contributed by atoms with Gasteiger partial charge in [-0.2, -0.15) is 11.8 Å². The average Bonchev–Trinajstić information content (AvgIpc) is 2.31. The van der Waals surface area contributed by atoms with E-state index < -0.39 is 10.0 Å². The van der Waals surface area contributed by atoms with Crippen LogP contribution < -0.4 is 5.73 Å². The van der Waals surface area contributed by atoms with Gasteiger partial charge in [0.05, 0.1) is 5.75 Å². The van der Waals surface area contributed by atoms with E-state index in [0.29, 0.717) is 11.3 Å². The molecule has 1 aromatic carbocycles. The van der Waals surface area contributed by atoms with Crippen LogP contribution in [-0.4, -0.2) is 37.8 Å². The summed E-state index contributed by atoms with van der Waals surface area (Å²) in [5.74, 6) is 0.731. The Bertz CT molecular complexity index is 489. The lowest BCUT2D eigenvalue weighted by Crippen LogP contribution is -2.37. The van der Waals surface area contributed by atoms with E-state index >= 15 is 0 Å². The minimum absolute atomic E-state index is 0.0186. The fraction of sp³-hybridized carbons (Fsp3) is 0.500. The topological polar surface area (TPSA) is 63.4 Å². The number of rotatable bonds is 6. The molecule has 4 nitrogen and oxygen atoms in total. The number of sulfonamides is 1. The van der Waals surface area contributed by atoms with Crippen LogP contribution in [0.5, 0.6) is 0 Å². The van der Waals surface area contributed by atoms with Gasteiger partial charge in [0, 0.05) is 24.5 Å². The summed E-state index contributed by atoms with van der Waals surface area (Å²) in [6.45, 7) is 1.91. The molecule has 0 bridgehead atoms. The molecule has 0 saturated carbocycles. The molecule has 0 spiro atoms. The second-order valence-electron chi connectivity index (χ2n) is 4.28. The highest BCUT2D eigenvalue weighted by molar-refractivity contribution is 7.98. The molecular formula is C12H20N2O2S2. The fourth-order valence-corrected chi connectivity index (χ4v) is 3.87. The number of nitrogens with zero attached hydrogens (tertiary/aromatic N) is 1. The summed E-state index contributed by atoms with van der Waals surface area (Å²) >= 11 is 1.63. The van der Waals surface area contributed by atoms with Crippen molar-refractivity contribution in [2.24, 2.45) is 0 Å². The predicted molar refractivity (Wildman–Crippen MR) is 79.1 cm³/mol. The third-order valence-corrected chi connectivity index (χ3v) is 5.59. The van der Waals surface area contributed by atoms with E-state index in [1.54, 1.807) is 43.1 Å². The van der Waals surface area contributed by atoms with E-state index in [2.05, 4.69) is 0 Å². The van der Waals surface area contributed by atoms with Gasteiger partial charge in [-0.3, -0.25) is 0 Å². The van der Waals surface area contributed by atoms with Gasteiger partial charge in [0.25, 0.3) is 0 Å². The molecule has 0 aliphatic heterocycles. The maximum absolute atomic E-state index is 12.2. The van der Waals surface area contributed by atoms with E-state index in [1.165, 1.54) is 4.31 Å². The van der Waals surface area contributed by atoms with E-state index in [9.17, 15) is 8.42 Å². The lowest BCUT2D eigenvalue weighted by atomic mass is 10.2. The van der Waals surface area contributed by atoms with Gasteiger partial charge in [0.2, 0.25) is 10.0 Å². The van der Waals surface area contributed by atoms with Crippen molar-refractivity contribution in [3.8, 4) is 0 Å². The average molecular weight is 288 g/mol. The van der Waals surface area contributed by atoms with Gasteiger partial charge < -0.3 is 5.73 Å². The zero-order valence-corrected chi connectivity index (χ0v) is 12.6. The quantitative estimate of drug-likeness (QED) is 0.811. The van der Waals surface area contributed by atoms with E-state index in [1.807, 2.05) is 13.2 Å². The number of hydrogen-bond acceptors (Lipinski definition) is 4. The normalized spacial score (nSPS) is 13.8. The smallest absolute Gasteiger partial charge is 0.218 e. The van der Waals surface area contributed by atoms with Crippen molar-refractivity contribution in [3.05, 3.63) is 29.8 Å². The summed E-state index contributed by atoms with van der Waals surface area (Å²) in [7, 11) is -1.70. The third-order valence-electron chi connectivity index (χ3n) is 2.86. The van der Waals surface area contributed by atoms with Crippen molar-refractivity contribution in [2.75, 3.05) is 24.8 Å². The molecule has 1 aromatic rings. The highest BCUT2D eigenvalue weighted by Crippen LogP contribution is 2.18. The minimum atomic E-state index is -3.32. The van der Waals surface area contributed by atoms with Gasteiger partial charge in [0.15, 0.2) is 0 Å². The van der Waals surface area contributed by atoms with Crippen LogP contribution in [-0.2, 0) is 15.8 Å². The molecule has 0 aromatic heterocycles. The Morgan fingerprint density at radius 2 is 2.00 bits per heavy atom. The van der Waals surface area contributed by atoms with E-state index in [-0.39, 0.29) is 11.8 Å². The first-order valence-corrected chi connectivity index (χ1v) is 8.67. The molecule has 0 heterocycles. The van der Waals surface area contributed by atoms with Crippen LogP contribution in [0.4, 0.5) is 5.69 Å². The second-order valence-corrected chi connectivity index (χ2v) is 7.21. The van der Waals surface area contributed by atoms with Gasteiger partial charge in [0.1, 0.15) is 0 Å². The third kappa shape index (κ3) is 3.90. The molecule has 0 radical (unpaired) electrons. The number of nitrogen functional groups attached to an aromatic ring is 1. The maximum atomic E-state index is 12.2. The van der Waals surface area contributed by atoms with Crippen LogP contribution in [0.15, 0.2) is 24.3 Å². The number of nitrogens with two attached hydrogens (primary N) is 1. The first kappa shape index (κ1) is 15.3. The molecule has 0 aliphatic rings. The van der Waals surface area contributed by atoms with Crippen molar-refractivity contribution in [1.29, 1.82) is 0 Å². The summed E-state index contributed by atoms with van der Waals surface area (Å²) in [6.07, 6.45) is 1.96. The van der Waals surface area contributed by atoms with Crippen molar-refractivity contribution in [1.82, 2.24) is 4.31 Å². The summed E-state index contributed by atoms with van der Waals surface area (Å²) in [6, 6.07) is 7.05. The number of para-hydroxylation sites is 1. The molecular weight excluding hydrogens is 268 g/mol. The molecule has 1 rings (SSSR count). The minimum Gasteiger partial charge on any atom is -0.398 e. The monoisotopic (exact) mass is 288 g/mol. The Balaban J connectivity index is 2.85. The molecule has 1 unspecified atom stereocenters. The Morgan fingerprint density at radius 1 is 1.39 bits per heavy atom. The van der Waals surface area contributed by atoms with Crippen molar-refractivity contribution >= 4 is 27.5 Å². The van der Waals surface area contributed by atoms with E-state index in [4.69, 9.17) is 5.73 Å². The largest absolute Gasteiger partial charge is 0.398 e. The SMILES string of the molecule is CSCC(C)N(C)S(=O)(=O)Cc1ccccc1N. The number of thioether (sulfide) groups is 1. The van der Waals surface area contributed by atoms with Crippen LogP contribution >= 0.6 is 11.8 Å². The maximum Gasteiger partial charge on any atom is 0.218 e. The molecule has 102 valence electrons. The van der Waals surface area contributed by atoms with E-state index in [0.717, 1.165) is 5.75 Å². The molecule has 6 heteroatoms. The summed E-state index contributed by atoms with van der Waals surface area (Å²) < 4.78 is 25.9. The zero-order chi connectivity index (χ0) is 13.8. The standard InChI is InChI=1S/C12H20N2O2S2/c1-10(8-17-3)14(2)18(15,16)9-11-6-4-5-7-12(11)13/h4-7,10H,8-9,13H2,1-3H3. The van der Waals surface area contributed by atoms with Crippen LogP contribution in [0.1, 0.15) is 12.5 Å². The van der Waals surface area contributed by atoms with Crippen molar-refractivity contribution in [3.63, 3.8) is 0 Å². The predicted octanol–water partition coefficient (Wildman–Crippen LogP) is 1.78. The summed E-state index contributed by atoms with van der Waals surface area (Å²) in [5, 5.41) is 0. The molecule has 0 fully saturated rings. The van der Waals surface area contributed by atoms with Gasteiger partial charge in [-0.1, -0.05) is 18.2 Å². The number of anilines is 1. The molecule has 0 aliphatic carbocycles. The summed E-state index contributed by atoms with van der Waals surface area (Å²) in [5.41, 5.74) is 6.95. The van der Waals surface area contributed by atoms with Crippen LogP contribution in [0, 0.1) is 0 Å². The van der Waals surface area contributed by atoms with Gasteiger partial charge >= 0.3 is 0 Å². The van der Waals surface area contributed by atoms with Gasteiger partial charge in [-0.25, -0.2) is 12.7 Å². The van der Waals surface area contributed by atoms with Crippen molar-refractivity contribution in [2.45, 2.75) is 18.7 Å². The molecule has 1 atom stereocenters. The van der Waals surface area contributed by atoms with Crippen LogP contribution in [0.25, 0.3) is 0 Å². The highest BCUT2D eigenvalue weighted by Gasteiger charge is 2.23. The Kier molecular flexibility index (Phi) is 5.49. The van der Waals surface area contributed by atoms with Gasteiger partial charge in [-0.05, 0) is 24.8 Å². The molecule has 0 saturated heterocycles. The second kappa shape index (κ2) is 6.45. The molecule has 2 N–H and O–H groups in total. The van der Waals surface area contributed by atoms with Crippen LogP contribution in [0.2, 0.25) is 0 Å². The molecule has 0 amide bonds. The Hall–Kier alpha value is -0.720. The lowest BCUT2D eigenvalue weighted by Gasteiger charge is -2.24. The van der Waals surface area contributed by atoms with Crippen molar-refractivity contribution < 1.29 is 8.42 Å². The number of hydrogen-bond donors (Lipinski definition) is 1.